The number of H-pyrrole nitrogens is 1. The summed E-state index contributed by atoms with van der Waals surface area (Å²) in [7, 11) is 0. The average Bonchev–Trinajstić information content (AvgIpc) is 3.63. The van der Waals surface area contributed by atoms with Crippen molar-refractivity contribution >= 4 is 52.4 Å². The molecule has 1 aliphatic carbocycles. The van der Waals surface area contributed by atoms with Crippen LogP contribution < -0.4 is 5.69 Å². The molecule has 232 valence electrons. The summed E-state index contributed by atoms with van der Waals surface area (Å²) >= 11 is 0. The number of likely N-dealkylation sites (tertiary alicyclic amines) is 1. The molecule has 0 radical (unpaired) electrons. The molecule has 0 amide bonds. The molecule has 2 aliphatic rings. The molecule has 4 heterocycles. The maximum absolute atomic E-state index is 12.7. The summed E-state index contributed by atoms with van der Waals surface area (Å²) in [4.78, 5) is 23.5. The lowest BCUT2D eigenvalue weighted by atomic mass is 9.87. The Balaban J connectivity index is 0.00000169. The van der Waals surface area contributed by atoms with Crippen LogP contribution in [0.5, 0.6) is 0 Å². The lowest BCUT2D eigenvalue weighted by molar-refractivity contribution is 0.180. The Bertz CT molecular complexity index is 2260. The fraction of sp³-hybridized carbons (Fsp3) is 0.211. The van der Waals surface area contributed by atoms with Crippen molar-refractivity contribution in [1.82, 2.24) is 23.8 Å². The normalized spacial score (nSPS) is 15.0. The summed E-state index contributed by atoms with van der Waals surface area (Å²) in [6.07, 6.45) is 6.36. The minimum atomic E-state index is 0. The molecule has 8 heteroatoms. The van der Waals surface area contributed by atoms with Crippen molar-refractivity contribution in [3.8, 4) is 22.4 Å². The Morgan fingerprint density at radius 1 is 0.761 bits per heavy atom. The summed E-state index contributed by atoms with van der Waals surface area (Å²) in [5.74, 6) is 0. The van der Waals surface area contributed by atoms with Crippen LogP contribution in [-0.2, 0) is 19.4 Å². The SMILES string of the molecule is Cl.Cl.O=c1[nH]c2ccccc2n1C1CCN(Cc2ccc(-c3nc4ccccc4n4cc5c(c34)CCc3ccccc3-5)cc2)CC1. The Kier molecular flexibility index (Phi) is 7.97. The number of halogens is 2. The second-order valence-corrected chi connectivity index (χ2v) is 12.4. The molecule has 0 bridgehead atoms. The average molecular weight is 649 g/mol. The summed E-state index contributed by atoms with van der Waals surface area (Å²) in [6, 6.07) is 34.6. The van der Waals surface area contributed by atoms with Gasteiger partial charge in [-0.15, -0.1) is 24.8 Å². The zero-order valence-electron chi connectivity index (χ0n) is 25.4. The van der Waals surface area contributed by atoms with Crippen LogP contribution in [0.1, 0.15) is 35.6 Å². The van der Waals surface area contributed by atoms with Gasteiger partial charge in [0.2, 0.25) is 0 Å². The van der Waals surface area contributed by atoms with Gasteiger partial charge < -0.3 is 9.38 Å². The number of aromatic amines is 1. The second kappa shape index (κ2) is 12.1. The minimum absolute atomic E-state index is 0. The van der Waals surface area contributed by atoms with Gasteiger partial charge in [-0.05, 0) is 72.2 Å². The third-order valence-corrected chi connectivity index (χ3v) is 9.84. The summed E-state index contributed by atoms with van der Waals surface area (Å²) in [6.45, 7) is 2.86. The van der Waals surface area contributed by atoms with Crippen LogP contribution in [0.4, 0.5) is 0 Å². The fourth-order valence-corrected chi connectivity index (χ4v) is 7.67. The molecule has 3 aromatic heterocycles. The van der Waals surface area contributed by atoms with Crippen molar-refractivity contribution in [1.29, 1.82) is 0 Å². The Morgan fingerprint density at radius 2 is 1.48 bits per heavy atom. The number of hydrogen-bond acceptors (Lipinski definition) is 3. The van der Waals surface area contributed by atoms with Crippen LogP contribution in [-0.4, -0.2) is 36.9 Å². The number of aromatic nitrogens is 4. The topological polar surface area (TPSA) is 58.3 Å². The molecule has 1 saturated heterocycles. The van der Waals surface area contributed by atoms with Gasteiger partial charge in [0.25, 0.3) is 0 Å². The van der Waals surface area contributed by atoms with Gasteiger partial charge in [0.15, 0.2) is 0 Å². The summed E-state index contributed by atoms with van der Waals surface area (Å²) in [5, 5.41) is 0. The lowest BCUT2D eigenvalue weighted by Crippen LogP contribution is -2.36. The van der Waals surface area contributed by atoms with E-state index in [4.69, 9.17) is 4.98 Å². The van der Waals surface area contributed by atoms with E-state index in [0.717, 1.165) is 78.6 Å². The quantitative estimate of drug-likeness (QED) is 0.209. The lowest BCUT2D eigenvalue weighted by Gasteiger charge is -2.32. The molecular formula is C38H35Cl2N5O. The number of para-hydroxylation sites is 4. The second-order valence-electron chi connectivity index (χ2n) is 12.4. The number of benzene rings is 4. The highest BCUT2D eigenvalue weighted by Crippen LogP contribution is 2.41. The number of rotatable bonds is 4. The molecule has 1 fully saturated rings. The molecule has 0 unspecified atom stereocenters. The first kappa shape index (κ1) is 30.3. The van der Waals surface area contributed by atoms with Crippen molar-refractivity contribution in [3.05, 3.63) is 130 Å². The number of aryl methyl sites for hydroxylation is 2. The largest absolute Gasteiger partial charge is 0.326 e. The van der Waals surface area contributed by atoms with Crippen molar-refractivity contribution < 1.29 is 0 Å². The van der Waals surface area contributed by atoms with Gasteiger partial charge in [-0.2, -0.15) is 0 Å². The first-order valence-corrected chi connectivity index (χ1v) is 15.7. The highest BCUT2D eigenvalue weighted by molar-refractivity contribution is 5.94. The van der Waals surface area contributed by atoms with Crippen LogP contribution in [0.3, 0.4) is 0 Å². The maximum atomic E-state index is 12.7. The monoisotopic (exact) mass is 647 g/mol. The molecule has 0 atom stereocenters. The molecular weight excluding hydrogens is 613 g/mol. The smallest absolute Gasteiger partial charge is 0.312 e. The maximum Gasteiger partial charge on any atom is 0.326 e. The summed E-state index contributed by atoms with van der Waals surface area (Å²) in [5.41, 5.74) is 14.4. The van der Waals surface area contributed by atoms with Crippen LogP contribution in [0.25, 0.3) is 50.0 Å². The van der Waals surface area contributed by atoms with E-state index in [2.05, 4.69) is 93.3 Å². The van der Waals surface area contributed by atoms with Gasteiger partial charge in [0.05, 0.1) is 33.3 Å². The molecule has 4 aromatic carbocycles. The van der Waals surface area contributed by atoms with Crippen LogP contribution >= 0.6 is 24.8 Å². The Morgan fingerprint density at radius 3 is 2.30 bits per heavy atom. The van der Waals surface area contributed by atoms with Gasteiger partial charge in [-0.3, -0.25) is 9.47 Å². The van der Waals surface area contributed by atoms with Crippen molar-refractivity contribution in [3.63, 3.8) is 0 Å². The highest BCUT2D eigenvalue weighted by atomic mass is 35.5. The minimum Gasteiger partial charge on any atom is -0.312 e. The predicted octanol–water partition coefficient (Wildman–Crippen LogP) is 8.24. The van der Waals surface area contributed by atoms with Gasteiger partial charge in [-0.25, -0.2) is 9.78 Å². The third kappa shape index (κ3) is 4.92. The number of hydrogen-bond donors (Lipinski definition) is 1. The van der Waals surface area contributed by atoms with Crippen molar-refractivity contribution in [2.24, 2.45) is 0 Å². The van der Waals surface area contributed by atoms with E-state index < -0.39 is 0 Å². The first-order valence-electron chi connectivity index (χ1n) is 15.7. The standard InChI is InChI=1S/C38H33N5O.2ClH/c44-38-40-33-10-4-6-12-35(33)43(38)28-19-21-41(22-20-28)23-25-13-15-27(16-14-25)36-37-30-18-17-26-7-1-2-8-29(26)31(30)24-42(37)34-11-5-3-9-32(34)39-36;;/h1-16,24,28H,17-23H2,(H,40,44);2*1H. The van der Waals surface area contributed by atoms with Gasteiger partial charge in [0.1, 0.15) is 0 Å². The predicted molar refractivity (Wildman–Crippen MR) is 192 cm³/mol. The Hall–Kier alpha value is -4.36. The van der Waals surface area contributed by atoms with Crippen LogP contribution in [0.2, 0.25) is 0 Å². The Labute approximate surface area is 279 Å². The van der Waals surface area contributed by atoms with Gasteiger partial charge in [-0.1, -0.05) is 72.8 Å². The molecule has 9 rings (SSSR count). The van der Waals surface area contributed by atoms with E-state index >= 15 is 0 Å². The molecule has 1 aliphatic heterocycles. The van der Waals surface area contributed by atoms with E-state index in [1.165, 1.54) is 33.3 Å². The number of imidazole rings is 1. The number of fused-ring (bicyclic) bond motifs is 8. The van der Waals surface area contributed by atoms with E-state index in [1.807, 2.05) is 28.8 Å². The number of piperidine rings is 1. The van der Waals surface area contributed by atoms with Gasteiger partial charge >= 0.3 is 5.69 Å². The number of nitrogens with one attached hydrogen (secondary N) is 1. The zero-order valence-corrected chi connectivity index (χ0v) is 27.0. The molecule has 46 heavy (non-hydrogen) atoms. The highest BCUT2D eigenvalue weighted by Gasteiger charge is 2.25. The summed E-state index contributed by atoms with van der Waals surface area (Å²) < 4.78 is 4.35. The first-order chi connectivity index (χ1) is 21.7. The van der Waals surface area contributed by atoms with Crippen molar-refractivity contribution in [2.45, 2.75) is 38.3 Å². The van der Waals surface area contributed by atoms with E-state index in [-0.39, 0.29) is 36.5 Å². The molecule has 1 N–H and O–H groups in total. The zero-order chi connectivity index (χ0) is 29.2. The van der Waals surface area contributed by atoms with E-state index in [1.54, 1.807) is 0 Å². The van der Waals surface area contributed by atoms with Crippen molar-refractivity contribution in [2.75, 3.05) is 13.1 Å². The molecule has 0 saturated carbocycles. The van der Waals surface area contributed by atoms with E-state index in [9.17, 15) is 4.79 Å². The molecule has 6 nitrogen and oxygen atoms in total. The molecule has 0 spiro atoms. The number of nitrogens with zero attached hydrogens (tertiary/aromatic N) is 4. The van der Waals surface area contributed by atoms with E-state index in [0.29, 0.717) is 0 Å². The van der Waals surface area contributed by atoms with Crippen LogP contribution in [0.15, 0.2) is 108 Å². The van der Waals surface area contributed by atoms with Crippen LogP contribution in [0, 0.1) is 0 Å². The fourth-order valence-electron chi connectivity index (χ4n) is 7.67. The molecule has 7 aromatic rings. The third-order valence-electron chi connectivity index (χ3n) is 9.84. The van der Waals surface area contributed by atoms with Gasteiger partial charge in [0, 0.05) is 43.0 Å².